The second kappa shape index (κ2) is 9.04. The van der Waals surface area contributed by atoms with E-state index < -0.39 is 6.10 Å². The first-order chi connectivity index (χ1) is 13.2. The fourth-order valence-corrected chi connectivity index (χ4v) is 2.95. The Hall–Kier alpha value is -3.07. The lowest BCUT2D eigenvalue weighted by Crippen LogP contribution is -2.31. The van der Waals surface area contributed by atoms with Crippen LogP contribution < -0.4 is 4.74 Å². The van der Waals surface area contributed by atoms with E-state index in [-0.39, 0.29) is 5.97 Å². The van der Waals surface area contributed by atoms with Gasteiger partial charge in [-0.25, -0.2) is 4.79 Å². The van der Waals surface area contributed by atoms with Gasteiger partial charge in [-0.15, -0.1) is 0 Å². The van der Waals surface area contributed by atoms with E-state index in [0.29, 0.717) is 18.8 Å². The van der Waals surface area contributed by atoms with Crippen LogP contribution in [0.15, 0.2) is 78.9 Å². The Balaban J connectivity index is 1.75. The summed E-state index contributed by atoms with van der Waals surface area (Å²) in [5.74, 6) is 0.310. The van der Waals surface area contributed by atoms with Crippen LogP contribution in [-0.2, 0) is 16.0 Å². The summed E-state index contributed by atoms with van der Waals surface area (Å²) in [6, 6.07) is 26.0. The Kier molecular flexibility index (Phi) is 6.26. The Morgan fingerprint density at radius 2 is 1.63 bits per heavy atom. The second-order valence-corrected chi connectivity index (χ2v) is 6.44. The smallest absolute Gasteiger partial charge is 0.347 e. The van der Waals surface area contributed by atoms with Crippen molar-refractivity contribution in [1.82, 2.24) is 0 Å². The lowest BCUT2D eigenvalue weighted by Gasteiger charge is -2.18. The van der Waals surface area contributed by atoms with Crippen LogP contribution in [0.1, 0.15) is 18.1 Å². The molecule has 1 unspecified atom stereocenters. The summed E-state index contributed by atoms with van der Waals surface area (Å²) in [7, 11) is 0. The quantitative estimate of drug-likeness (QED) is 0.542. The largest absolute Gasteiger partial charge is 0.478 e. The van der Waals surface area contributed by atoms with E-state index in [2.05, 4.69) is 25.1 Å². The highest BCUT2D eigenvalue weighted by Crippen LogP contribution is 2.24. The van der Waals surface area contributed by atoms with E-state index >= 15 is 0 Å². The minimum atomic E-state index is -0.669. The maximum absolute atomic E-state index is 12.3. The van der Waals surface area contributed by atoms with E-state index in [1.165, 1.54) is 5.56 Å². The van der Waals surface area contributed by atoms with Gasteiger partial charge in [0.1, 0.15) is 5.75 Å². The summed E-state index contributed by atoms with van der Waals surface area (Å²) >= 11 is 0. The number of benzene rings is 3. The summed E-state index contributed by atoms with van der Waals surface area (Å²) in [6.07, 6.45) is -0.198. The lowest BCUT2D eigenvalue weighted by molar-refractivity contribution is -0.151. The summed E-state index contributed by atoms with van der Waals surface area (Å²) in [6.45, 7) is 4.21. The van der Waals surface area contributed by atoms with Gasteiger partial charge in [-0.05, 0) is 42.7 Å². The zero-order chi connectivity index (χ0) is 19.1. The zero-order valence-electron chi connectivity index (χ0n) is 15.7. The molecule has 0 aliphatic carbocycles. The molecule has 3 heteroatoms. The average molecular weight is 360 g/mol. The first-order valence-electron chi connectivity index (χ1n) is 9.20. The molecule has 27 heavy (non-hydrogen) atoms. The molecule has 138 valence electrons. The van der Waals surface area contributed by atoms with E-state index in [0.717, 1.165) is 16.7 Å². The van der Waals surface area contributed by atoms with E-state index in [1.54, 1.807) is 6.92 Å². The van der Waals surface area contributed by atoms with Gasteiger partial charge < -0.3 is 9.47 Å². The molecule has 0 N–H and O–H groups in total. The van der Waals surface area contributed by atoms with Crippen molar-refractivity contribution in [3.8, 4) is 16.9 Å². The van der Waals surface area contributed by atoms with E-state index in [1.807, 2.05) is 60.7 Å². The van der Waals surface area contributed by atoms with Gasteiger partial charge in [0.2, 0.25) is 0 Å². The van der Waals surface area contributed by atoms with E-state index in [4.69, 9.17) is 9.47 Å². The predicted octanol–water partition coefficient (Wildman–Crippen LogP) is 5.22. The van der Waals surface area contributed by atoms with Gasteiger partial charge in [0.25, 0.3) is 0 Å². The SMILES string of the molecule is CCOC(=O)C(Cc1ccccc1)Oc1ccc(-c2cccc(C)c2)cc1. The fourth-order valence-electron chi connectivity index (χ4n) is 2.95. The monoisotopic (exact) mass is 360 g/mol. The van der Waals surface area contributed by atoms with Crippen LogP contribution in [-0.4, -0.2) is 18.7 Å². The maximum Gasteiger partial charge on any atom is 0.347 e. The second-order valence-electron chi connectivity index (χ2n) is 6.44. The van der Waals surface area contributed by atoms with Crippen molar-refractivity contribution < 1.29 is 14.3 Å². The third kappa shape index (κ3) is 5.20. The fraction of sp³-hybridized carbons (Fsp3) is 0.208. The van der Waals surface area contributed by atoms with Crippen molar-refractivity contribution >= 4 is 5.97 Å². The zero-order valence-corrected chi connectivity index (χ0v) is 15.7. The summed E-state index contributed by atoms with van der Waals surface area (Å²) in [4.78, 5) is 12.3. The lowest BCUT2D eigenvalue weighted by atomic mass is 10.0. The van der Waals surface area contributed by atoms with Crippen LogP contribution in [0.5, 0.6) is 5.75 Å². The molecule has 0 aromatic heterocycles. The molecule has 0 radical (unpaired) electrons. The molecule has 3 nitrogen and oxygen atoms in total. The Labute approximate surface area is 160 Å². The van der Waals surface area contributed by atoms with Gasteiger partial charge in [-0.2, -0.15) is 0 Å². The highest BCUT2D eigenvalue weighted by molar-refractivity contribution is 5.75. The minimum absolute atomic E-state index is 0.333. The number of aryl methyl sites for hydroxylation is 1. The van der Waals surface area contributed by atoms with Crippen LogP contribution in [0.25, 0.3) is 11.1 Å². The molecule has 0 fully saturated rings. The Morgan fingerprint density at radius 3 is 2.30 bits per heavy atom. The van der Waals surface area contributed by atoms with E-state index in [9.17, 15) is 4.79 Å². The number of ether oxygens (including phenoxy) is 2. The van der Waals surface area contributed by atoms with Gasteiger partial charge in [0.05, 0.1) is 6.61 Å². The maximum atomic E-state index is 12.3. The number of rotatable bonds is 7. The molecule has 3 aromatic rings. The van der Waals surface area contributed by atoms with Crippen molar-refractivity contribution in [3.63, 3.8) is 0 Å². The molecule has 0 saturated heterocycles. The van der Waals surface area contributed by atoms with Crippen LogP contribution in [0.2, 0.25) is 0 Å². The minimum Gasteiger partial charge on any atom is -0.478 e. The number of hydrogen-bond donors (Lipinski definition) is 0. The van der Waals surface area contributed by atoms with Gasteiger partial charge in [0.15, 0.2) is 6.10 Å². The molecule has 1 atom stereocenters. The third-order valence-electron chi connectivity index (χ3n) is 4.30. The van der Waals surface area contributed by atoms with Crippen LogP contribution >= 0.6 is 0 Å². The predicted molar refractivity (Wildman–Crippen MR) is 108 cm³/mol. The molecular formula is C24H24O3. The Morgan fingerprint density at radius 1 is 0.889 bits per heavy atom. The summed E-state index contributed by atoms with van der Waals surface area (Å²) in [5.41, 5.74) is 4.53. The summed E-state index contributed by atoms with van der Waals surface area (Å²) in [5, 5.41) is 0. The number of esters is 1. The summed E-state index contributed by atoms with van der Waals surface area (Å²) < 4.78 is 11.2. The van der Waals surface area contributed by atoms with Crippen molar-refractivity contribution in [1.29, 1.82) is 0 Å². The van der Waals surface area contributed by atoms with Crippen LogP contribution in [0.3, 0.4) is 0 Å². The molecule has 0 bridgehead atoms. The van der Waals surface area contributed by atoms with Crippen molar-refractivity contribution in [2.75, 3.05) is 6.61 Å². The normalized spacial score (nSPS) is 11.6. The molecule has 0 aliphatic rings. The highest BCUT2D eigenvalue weighted by Gasteiger charge is 2.22. The first kappa shape index (κ1) is 18.7. The van der Waals surface area contributed by atoms with Crippen LogP contribution in [0, 0.1) is 6.92 Å². The van der Waals surface area contributed by atoms with Crippen molar-refractivity contribution in [3.05, 3.63) is 90.0 Å². The molecule has 0 heterocycles. The topological polar surface area (TPSA) is 35.5 Å². The number of carbonyl (C=O) groups excluding carboxylic acids is 1. The molecule has 0 saturated carbocycles. The van der Waals surface area contributed by atoms with Crippen LogP contribution in [0.4, 0.5) is 0 Å². The molecule has 0 aliphatic heterocycles. The third-order valence-corrected chi connectivity index (χ3v) is 4.30. The molecule has 3 rings (SSSR count). The van der Waals surface area contributed by atoms with Gasteiger partial charge >= 0.3 is 5.97 Å². The van der Waals surface area contributed by atoms with Crippen molar-refractivity contribution in [2.24, 2.45) is 0 Å². The van der Waals surface area contributed by atoms with Gasteiger partial charge in [0, 0.05) is 6.42 Å². The molecule has 3 aromatic carbocycles. The molecule has 0 spiro atoms. The van der Waals surface area contributed by atoms with Gasteiger partial charge in [-0.3, -0.25) is 0 Å². The number of carbonyl (C=O) groups is 1. The molecule has 0 amide bonds. The average Bonchev–Trinajstić information content (AvgIpc) is 2.69. The standard InChI is InChI=1S/C24H24O3/c1-3-26-24(25)23(17-19-9-5-4-6-10-19)27-22-14-12-20(13-15-22)21-11-7-8-18(2)16-21/h4-16,23H,3,17H2,1-2H3. The highest BCUT2D eigenvalue weighted by atomic mass is 16.6. The van der Waals surface area contributed by atoms with Crippen molar-refractivity contribution in [2.45, 2.75) is 26.4 Å². The Bertz CT molecular complexity index is 870. The van der Waals surface area contributed by atoms with Gasteiger partial charge in [-0.1, -0.05) is 72.3 Å². The number of hydrogen-bond acceptors (Lipinski definition) is 3. The first-order valence-corrected chi connectivity index (χ1v) is 9.20. The molecular weight excluding hydrogens is 336 g/mol.